The molecule has 16 heavy (non-hydrogen) atoms. The molecule has 2 nitrogen and oxygen atoms in total. The van der Waals surface area contributed by atoms with Crippen LogP contribution in [0.4, 0.5) is 0 Å². The zero-order chi connectivity index (χ0) is 11.8. The molecule has 1 fully saturated rings. The number of benzene rings is 1. The van der Waals surface area contributed by atoms with E-state index in [1.165, 1.54) is 0 Å². The van der Waals surface area contributed by atoms with E-state index in [2.05, 4.69) is 15.9 Å². The zero-order valence-electron chi connectivity index (χ0n) is 8.67. The molecule has 1 aromatic carbocycles. The molecule has 0 aliphatic carbocycles. The van der Waals surface area contributed by atoms with E-state index in [1.807, 2.05) is 12.1 Å². The smallest absolute Gasteiger partial charge is 0.203 e. The first-order chi connectivity index (χ1) is 7.51. The van der Waals surface area contributed by atoms with E-state index in [9.17, 15) is 4.79 Å². The van der Waals surface area contributed by atoms with Crippen LogP contribution in [0.1, 0.15) is 12.5 Å². The molecular formula is C12H10BrClO2. The molecule has 0 unspecified atom stereocenters. The summed E-state index contributed by atoms with van der Waals surface area (Å²) in [6.45, 7) is 2.28. The van der Waals surface area contributed by atoms with Gasteiger partial charge in [0.25, 0.3) is 0 Å². The van der Waals surface area contributed by atoms with Crippen LogP contribution >= 0.6 is 27.5 Å². The van der Waals surface area contributed by atoms with Gasteiger partial charge in [-0.15, -0.1) is 0 Å². The minimum Gasteiger partial charge on any atom is -0.361 e. The van der Waals surface area contributed by atoms with Gasteiger partial charge < -0.3 is 4.74 Å². The number of rotatable bonds is 3. The Hall–Kier alpha value is -0.640. The molecule has 2 rings (SSSR count). The minimum absolute atomic E-state index is 0.0255. The van der Waals surface area contributed by atoms with Crippen molar-refractivity contribution in [3.05, 3.63) is 39.3 Å². The molecular weight excluding hydrogens is 291 g/mol. The first-order valence-corrected chi connectivity index (χ1v) is 6.00. The number of epoxide rings is 1. The molecule has 0 bridgehead atoms. The van der Waals surface area contributed by atoms with Gasteiger partial charge in [-0.2, -0.15) is 0 Å². The maximum atomic E-state index is 11.8. The summed E-state index contributed by atoms with van der Waals surface area (Å²) < 4.78 is 5.62. The Balaban J connectivity index is 2.17. The second-order valence-electron chi connectivity index (χ2n) is 3.89. The van der Waals surface area contributed by atoms with Gasteiger partial charge in [0.1, 0.15) is 0 Å². The highest BCUT2D eigenvalue weighted by Gasteiger charge is 2.47. The normalized spacial score (nSPS) is 24.3. The summed E-state index contributed by atoms with van der Waals surface area (Å²) in [5.74, 6) is -0.0255. The third-order valence-electron chi connectivity index (χ3n) is 2.44. The van der Waals surface area contributed by atoms with Crippen molar-refractivity contribution < 1.29 is 9.53 Å². The Kier molecular flexibility index (Phi) is 3.19. The number of halogens is 2. The fourth-order valence-electron chi connectivity index (χ4n) is 1.26. The SMILES string of the molecule is C[C@]1(C(=O)/C(Br)=C/c2ccc(Cl)cc2)CO1. The van der Waals surface area contributed by atoms with Crippen molar-refractivity contribution in [2.75, 3.05) is 6.61 Å². The minimum atomic E-state index is -0.623. The molecule has 0 N–H and O–H groups in total. The Morgan fingerprint density at radius 1 is 1.50 bits per heavy atom. The second kappa shape index (κ2) is 4.32. The molecule has 0 aromatic heterocycles. The second-order valence-corrected chi connectivity index (χ2v) is 5.18. The van der Waals surface area contributed by atoms with E-state index in [-0.39, 0.29) is 5.78 Å². The predicted molar refractivity (Wildman–Crippen MR) is 67.7 cm³/mol. The molecule has 0 radical (unpaired) electrons. The number of ether oxygens (including phenoxy) is 1. The molecule has 1 heterocycles. The van der Waals surface area contributed by atoms with E-state index in [0.29, 0.717) is 16.1 Å². The van der Waals surface area contributed by atoms with Gasteiger partial charge in [-0.3, -0.25) is 4.79 Å². The van der Waals surface area contributed by atoms with Crippen molar-refractivity contribution in [3.8, 4) is 0 Å². The van der Waals surface area contributed by atoms with Crippen LogP contribution in [-0.4, -0.2) is 18.0 Å². The highest BCUT2D eigenvalue weighted by atomic mass is 79.9. The summed E-state index contributed by atoms with van der Waals surface area (Å²) in [7, 11) is 0. The maximum absolute atomic E-state index is 11.8. The fourth-order valence-corrected chi connectivity index (χ4v) is 2.07. The molecule has 1 saturated heterocycles. The number of hydrogen-bond donors (Lipinski definition) is 0. The lowest BCUT2D eigenvalue weighted by atomic mass is 10.1. The Labute approximate surface area is 107 Å². The molecule has 0 saturated carbocycles. The summed E-state index contributed by atoms with van der Waals surface area (Å²) in [5, 5.41) is 0.678. The monoisotopic (exact) mass is 300 g/mol. The van der Waals surface area contributed by atoms with Crippen molar-refractivity contribution in [1.29, 1.82) is 0 Å². The lowest BCUT2D eigenvalue weighted by Gasteiger charge is -2.02. The number of carbonyl (C=O) groups is 1. The van der Waals surface area contributed by atoms with Crippen LogP contribution in [-0.2, 0) is 9.53 Å². The first kappa shape index (κ1) is 11.8. The molecule has 1 atom stereocenters. The van der Waals surface area contributed by atoms with Crippen LogP contribution in [0.15, 0.2) is 28.7 Å². The Bertz CT molecular complexity index is 447. The van der Waals surface area contributed by atoms with Crippen LogP contribution in [0.2, 0.25) is 5.02 Å². The predicted octanol–water partition coefficient (Wildman–Crippen LogP) is 3.43. The standard InChI is InChI=1S/C12H10BrClO2/c1-12(7-16-12)11(15)10(13)6-8-2-4-9(14)5-3-8/h2-6H,7H2,1H3/b10-6-/t12-/m1/s1. The number of Topliss-reactive ketones (excluding diaryl/α,β-unsaturated/α-hetero) is 1. The summed E-state index contributed by atoms with van der Waals surface area (Å²) in [5.41, 5.74) is 0.302. The number of carbonyl (C=O) groups excluding carboxylic acids is 1. The van der Waals surface area contributed by atoms with Crippen LogP contribution in [0.5, 0.6) is 0 Å². The molecule has 84 valence electrons. The van der Waals surface area contributed by atoms with Gasteiger partial charge in [0, 0.05) is 5.02 Å². The first-order valence-electron chi connectivity index (χ1n) is 4.83. The summed E-state index contributed by atoms with van der Waals surface area (Å²) >= 11 is 9.05. The number of hydrogen-bond acceptors (Lipinski definition) is 2. The molecule has 1 aliphatic rings. The summed E-state index contributed by atoms with van der Waals surface area (Å²) in [6, 6.07) is 7.28. The van der Waals surface area contributed by atoms with E-state index in [4.69, 9.17) is 16.3 Å². The summed E-state index contributed by atoms with van der Waals surface area (Å²) in [6.07, 6.45) is 1.77. The molecule has 0 amide bonds. The van der Waals surface area contributed by atoms with Gasteiger partial charge in [-0.25, -0.2) is 0 Å². The fraction of sp³-hybridized carbons (Fsp3) is 0.250. The van der Waals surface area contributed by atoms with Crippen LogP contribution in [0.3, 0.4) is 0 Å². The Morgan fingerprint density at radius 2 is 2.06 bits per heavy atom. The maximum Gasteiger partial charge on any atom is 0.203 e. The van der Waals surface area contributed by atoms with Gasteiger partial charge in [0.15, 0.2) is 5.60 Å². The highest BCUT2D eigenvalue weighted by Crippen LogP contribution is 2.32. The van der Waals surface area contributed by atoms with Crippen LogP contribution in [0.25, 0.3) is 6.08 Å². The van der Waals surface area contributed by atoms with E-state index in [0.717, 1.165) is 5.56 Å². The van der Waals surface area contributed by atoms with E-state index >= 15 is 0 Å². The van der Waals surface area contributed by atoms with Crippen LogP contribution < -0.4 is 0 Å². The molecule has 4 heteroatoms. The van der Waals surface area contributed by atoms with Crippen molar-refractivity contribution in [1.82, 2.24) is 0 Å². The zero-order valence-corrected chi connectivity index (χ0v) is 11.0. The number of ketones is 1. The molecule has 1 aromatic rings. The largest absolute Gasteiger partial charge is 0.361 e. The van der Waals surface area contributed by atoms with E-state index < -0.39 is 5.60 Å². The van der Waals surface area contributed by atoms with Gasteiger partial charge >= 0.3 is 0 Å². The van der Waals surface area contributed by atoms with Crippen molar-refractivity contribution in [2.24, 2.45) is 0 Å². The van der Waals surface area contributed by atoms with Gasteiger partial charge in [0.05, 0.1) is 11.1 Å². The highest BCUT2D eigenvalue weighted by molar-refractivity contribution is 9.12. The quantitative estimate of drug-likeness (QED) is 0.632. The average Bonchev–Trinajstić information content (AvgIpc) is 3.00. The molecule has 0 spiro atoms. The lowest BCUT2D eigenvalue weighted by molar-refractivity contribution is -0.119. The van der Waals surface area contributed by atoms with Gasteiger partial charge in [-0.1, -0.05) is 23.7 Å². The topological polar surface area (TPSA) is 29.6 Å². The van der Waals surface area contributed by atoms with Gasteiger partial charge in [0.2, 0.25) is 5.78 Å². The molecule has 1 aliphatic heterocycles. The van der Waals surface area contributed by atoms with Crippen molar-refractivity contribution in [2.45, 2.75) is 12.5 Å². The average molecular weight is 302 g/mol. The van der Waals surface area contributed by atoms with Gasteiger partial charge in [-0.05, 0) is 46.6 Å². The van der Waals surface area contributed by atoms with Crippen LogP contribution in [0, 0.1) is 0 Å². The lowest BCUT2D eigenvalue weighted by Crippen LogP contribution is -2.19. The van der Waals surface area contributed by atoms with Crippen molar-refractivity contribution >= 4 is 39.4 Å². The van der Waals surface area contributed by atoms with Crippen molar-refractivity contribution in [3.63, 3.8) is 0 Å². The summed E-state index contributed by atoms with van der Waals surface area (Å²) in [4.78, 5) is 11.8. The van der Waals surface area contributed by atoms with E-state index in [1.54, 1.807) is 25.1 Å². The Morgan fingerprint density at radius 3 is 2.56 bits per heavy atom. The third kappa shape index (κ3) is 2.54. The third-order valence-corrected chi connectivity index (χ3v) is 3.28.